The lowest BCUT2D eigenvalue weighted by Crippen LogP contribution is -2.50. The number of hydrogen-bond acceptors (Lipinski definition) is 5. The molecule has 40 heavy (non-hydrogen) atoms. The molecule has 3 N–H and O–H groups in total. The van der Waals surface area contributed by atoms with Crippen molar-refractivity contribution in [2.24, 2.45) is 11.8 Å². The van der Waals surface area contributed by atoms with Crippen LogP contribution in [-0.4, -0.2) is 71.6 Å². The van der Waals surface area contributed by atoms with Gasteiger partial charge < -0.3 is 30.3 Å². The molecule has 0 saturated heterocycles. The normalized spacial score (nSPS) is 20.4. The highest BCUT2D eigenvalue weighted by atomic mass is 19.1. The van der Waals surface area contributed by atoms with Crippen LogP contribution in [0.15, 0.2) is 42.5 Å². The molecule has 216 valence electrons. The number of aliphatic hydroxyl groups excluding tert-OH is 1. The highest BCUT2D eigenvalue weighted by Gasteiger charge is 2.34. The van der Waals surface area contributed by atoms with E-state index < -0.39 is 18.0 Å². The summed E-state index contributed by atoms with van der Waals surface area (Å²) in [5, 5.41) is 15.6. The number of aliphatic hydroxyl groups is 1. The van der Waals surface area contributed by atoms with E-state index in [0.717, 1.165) is 32.1 Å². The highest BCUT2D eigenvalue weighted by molar-refractivity contribution is 6.00. The Labute approximate surface area is 234 Å². The monoisotopic (exact) mass is 554 g/mol. The van der Waals surface area contributed by atoms with Gasteiger partial charge in [0, 0.05) is 36.8 Å². The predicted octanol–water partition coefficient (Wildman–Crippen LogP) is 4.73. The van der Waals surface area contributed by atoms with E-state index in [2.05, 4.69) is 10.6 Å². The zero-order valence-corrected chi connectivity index (χ0v) is 23.4. The molecule has 0 unspecified atom stereocenters. The van der Waals surface area contributed by atoms with Gasteiger partial charge in [0.05, 0.1) is 24.8 Å². The van der Waals surface area contributed by atoms with Crippen molar-refractivity contribution in [2.75, 3.05) is 37.4 Å². The second-order valence-electron chi connectivity index (χ2n) is 11.0. The summed E-state index contributed by atoms with van der Waals surface area (Å²) in [6.07, 6.45) is 4.48. The zero-order valence-electron chi connectivity index (χ0n) is 23.4. The molecule has 0 spiro atoms. The van der Waals surface area contributed by atoms with E-state index >= 15 is 0 Å². The van der Waals surface area contributed by atoms with Gasteiger partial charge in [-0.05, 0) is 62.2 Å². The summed E-state index contributed by atoms with van der Waals surface area (Å²) >= 11 is 0. The molecule has 0 radical (unpaired) electrons. The number of nitrogens with zero attached hydrogens (tertiary/aromatic N) is 2. The van der Waals surface area contributed by atoms with Gasteiger partial charge in [-0.15, -0.1) is 0 Å². The molecule has 1 aliphatic heterocycles. The van der Waals surface area contributed by atoms with Gasteiger partial charge in [0.2, 0.25) is 5.91 Å². The summed E-state index contributed by atoms with van der Waals surface area (Å²) in [4.78, 5) is 42.5. The third kappa shape index (κ3) is 7.10. The second-order valence-corrected chi connectivity index (χ2v) is 11.0. The number of urea groups is 1. The molecular formula is C30H39FN4O5. The standard InChI is InChI=1S/C30H39FN4O5/c1-19-16-35(20(2)18-36)29(38)25-15-24(32-28(37)21-7-5-4-6-8-21)13-14-26(25)40-27(19)17-34(3)30(39)33-23-11-9-22(31)10-12-23/h9-15,19-21,27,36H,4-8,16-18H2,1-3H3,(H,32,37)(H,33,39)/t19-,20+,27+/m0/s1. The smallest absolute Gasteiger partial charge is 0.321 e. The van der Waals surface area contributed by atoms with Crippen LogP contribution in [-0.2, 0) is 4.79 Å². The fourth-order valence-corrected chi connectivity index (χ4v) is 5.23. The number of nitrogens with one attached hydrogen (secondary N) is 2. The van der Waals surface area contributed by atoms with Crippen LogP contribution < -0.4 is 15.4 Å². The summed E-state index contributed by atoms with van der Waals surface area (Å²) in [6.45, 7) is 4.01. The van der Waals surface area contributed by atoms with Crippen LogP contribution in [0.4, 0.5) is 20.6 Å². The van der Waals surface area contributed by atoms with Crippen LogP contribution in [0.25, 0.3) is 0 Å². The van der Waals surface area contributed by atoms with Crippen LogP contribution in [0, 0.1) is 17.7 Å². The van der Waals surface area contributed by atoms with Crippen molar-refractivity contribution in [1.82, 2.24) is 9.80 Å². The highest BCUT2D eigenvalue weighted by Crippen LogP contribution is 2.32. The molecule has 1 heterocycles. The third-order valence-electron chi connectivity index (χ3n) is 7.80. The number of anilines is 2. The van der Waals surface area contributed by atoms with E-state index in [1.165, 1.54) is 29.2 Å². The number of halogens is 1. The zero-order chi connectivity index (χ0) is 28.8. The first-order valence-corrected chi connectivity index (χ1v) is 14.0. The number of amides is 4. The molecule has 0 aromatic heterocycles. The number of carbonyl (C=O) groups is 3. The number of carbonyl (C=O) groups excluding carboxylic acids is 3. The van der Waals surface area contributed by atoms with Gasteiger partial charge in [-0.1, -0.05) is 26.2 Å². The Balaban J connectivity index is 1.55. The molecule has 3 atom stereocenters. The van der Waals surface area contributed by atoms with Crippen molar-refractivity contribution in [1.29, 1.82) is 0 Å². The minimum atomic E-state index is -0.480. The molecule has 10 heteroatoms. The summed E-state index contributed by atoms with van der Waals surface area (Å²) < 4.78 is 19.6. The molecule has 1 fully saturated rings. The average Bonchev–Trinajstić information content (AvgIpc) is 2.96. The molecule has 1 aliphatic carbocycles. The molecule has 4 amide bonds. The Morgan fingerprint density at radius 1 is 1.10 bits per heavy atom. The number of likely N-dealkylation sites (N-methyl/N-ethyl adjacent to an activating group) is 1. The minimum Gasteiger partial charge on any atom is -0.487 e. The minimum absolute atomic E-state index is 0.0320. The molecule has 0 bridgehead atoms. The van der Waals surface area contributed by atoms with Crippen LogP contribution in [0.1, 0.15) is 56.3 Å². The van der Waals surface area contributed by atoms with E-state index in [0.29, 0.717) is 23.7 Å². The summed E-state index contributed by atoms with van der Waals surface area (Å²) in [7, 11) is 1.64. The average molecular weight is 555 g/mol. The van der Waals surface area contributed by atoms with Crippen molar-refractivity contribution in [3.8, 4) is 5.75 Å². The molecule has 2 aromatic rings. The van der Waals surface area contributed by atoms with Crippen LogP contribution in [0.2, 0.25) is 0 Å². The molecular weight excluding hydrogens is 515 g/mol. The molecule has 2 aromatic carbocycles. The maximum absolute atomic E-state index is 13.7. The predicted molar refractivity (Wildman–Crippen MR) is 151 cm³/mol. The van der Waals surface area contributed by atoms with Crippen molar-refractivity contribution in [2.45, 2.75) is 58.1 Å². The summed E-state index contributed by atoms with van der Waals surface area (Å²) in [5.74, 6) is -0.597. The van der Waals surface area contributed by atoms with Gasteiger partial charge in [0.25, 0.3) is 5.91 Å². The lowest BCUT2D eigenvalue weighted by molar-refractivity contribution is -0.120. The van der Waals surface area contributed by atoms with Gasteiger partial charge in [0.15, 0.2) is 0 Å². The number of fused-ring (bicyclic) bond motifs is 1. The molecule has 2 aliphatic rings. The number of hydrogen-bond donors (Lipinski definition) is 3. The van der Waals surface area contributed by atoms with Crippen molar-refractivity contribution in [3.63, 3.8) is 0 Å². The fraction of sp³-hybridized carbons (Fsp3) is 0.500. The van der Waals surface area contributed by atoms with Crippen molar-refractivity contribution >= 4 is 29.2 Å². The van der Waals surface area contributed by atoms with Crippen LogP contribution in [0.5, 0.6) is 5.75 Å². The summed E-state index contributed by atoms with van der Waals surface area (Å²) in [6, 6.07) is 9.71. The van der Waals surface area contributed by atoms with E-state index in [1.54, 1.807) is 37.1 Å². The topological polar surface area (TPSA) is 111 Å². The SMILES string of the molecule is C[C@H](CO)N1C[C@H](C)[C@@H](CN(C)C(=O)Nc2ccc(F)cc2)Oc2ccc(NC(=O)C3CCCCC3)cc2C1=O. The summed E-state index contributed by atoms with van der Waals surface area (Å²) in [5.41, 5.74) is 1.27. The first-order chi connectivity index (χ1) is 19.2. The second kappa shape index (κ2) is 13.1. The first-order valence-electron chi connectivity index (χ1n) is 14.0. The van der Waals surface area contributed by atoms with E-state index in [-0.39, 0.29) is 48.4 Å². The maximum Gasteiger partial charge on any atom is 0.321 e. The largest absolute Gasteiger partial charge is 0.487 e. The first kappa shape index (κ1) is 29.3. The molecule has 9 nitrogen and oxygen atoms in total. The lowest BCUT2D eigenvalue weighted by Gasteiger charge is -2.38. The molecule has 4 rings (SSSR count). The van der Waals surface area contributed by atoms with Crippen LogP contribution >= 0.6 is 0 Å². The Kier molecular flexibility index (Phi) is 9.63. The Morgan fingerprint density at radius 2 is 1.77 bits per heavy atom. The van der Waals surface area contributed by atoms with E-state index in [9.17, 15) is 23.9 Å². The van der Waals surface area contributed by atoms with Gasteiger partial charge in [-0.3, -0.25) is 9.59 Å². The third-order valence-corrected chi connectivity index (χ3v) is 7.80. The molecule has 1 saturated carbocycles. The maximum atomic E-state index is 13.7. The number of benzene rings is 2. The van der Waals surface area contributed by atoms with Crippen molar-refractivity contribution in [3.05, 3.63) is 53.8 Å². The Bertz CT molecular complexity index is 1200. The van der Waals surface area contributed by atoms with E-state index in [1.807, 2.05) is 6.92 Å². The Morgan fingerprint density at radius 3 is 2.45 bits per heavy atom. The Hall–Kier alpha value is -3.66. The van der Waals surface area contributed by atoms with Gasteiger partial charge in [-0.25, -0.2) is 9.18 Å². The van der Waals surface area contributed by atoms with Gasteiger partial charge in [-0.2, -0.15) is 0 Å². The number of ether oxygens (including phenoxy) is 1. The van der Waals surface area contributed by atoms with Crippen molar-refractivity contribution < 1.29 is 28.6 Å². The number of rotatable bonds is 7. The van der Waals surface area contributed by atoms with E-state index in [4.69, 9.17) is 4.74 Å². The van der Waals surface area contributed by atoms with Gasteiger partial charge in [0.1, 0.15) is 17.7 Å². The fourth-order valence-electron chi connectivity index (χ4n) is 5.23. The van der Waals surface area contributed by atoms with Crippen LogP contribution in [0.3, 0.4) is 0 Å². The lowest BCUT2D eigenvalue weighted by atomic mass is 9.88. The quantitative estimate of drug-likeness (QED) is 0.458. The van der Waals surface area contributed by atoms with Gasteiger partial charge >= 0.3 is 6.03 Å².